The first-order valence-electron chi connectivity index (χ1n) is 4.55. The molecule has 64 valence electrons. The summed E-state index contributed by atoms with van der Waals surface area (Å²) in [5, 5.41) is 0. The zero-order chi connectivity index (χ0) is 8.39. The molecule has 0 aliphatic heterocycles. The molecular weight excluding hydrogens is 148 g/mol. The molecule has 2 rings (SSSR count). The van der Waals surface area contributed by atoms with E-state index in [-0.39, 0.29) is 0 Å². The molecule has 2 heteroatoms. The fraction of sp³-hybridized carbons (Fsp3) is 0.500. The van der Waals surface area contributed by atoms with E-state index in [2.05, 4.69) is 17.1 Å². The first-order valence-corrected chi connectivity index (χ1v) is 4.55. The Kier molecular flexibility index (Phi) is 2.09. The number of nitrogens with two attached hydrogens (primary N) is 1. The van der Waals surface area contributed by atoms with Gasteiger partial charge < -0.3 is 5.73 Å². The van der Waals surface area contributed by atoms with E-state index >= 15 is 0 Å². The summed E-state index contributed by atoms with van der Waals surface area (Å²) in [5.74, 6) is 0.733. The summed E-state index contributed by atoms with van der Waals surface area (Å²) in [4.78, 5) is 4.39. The number of pyridine rings is 1. The molecular formula is C10H14N2. The van der Waals surface area contributed by atoms with Crippen molar-refractivity contribution >= 4 is 0 Å². The molecule has 0 atom stereocenters. The Morgan fingerprint density at radius 2 is 2.25 bits per heavy atom. The Bertz CT molecular complexity index is 249. The van der Waals surface area contributed by atoms with Crippen LogP contribution in [0.3, 0.4) is 0 Å². The van der Waals surface area contributed by atoms with Gasteiger partial charge in [-0.3, -0.25) is 4.98 Å². The summed E-state index contributed by atoms with van der Waals surface area (Å²) < 4.78 is 0. The van der Waals surface area contributed by atoms with Crippen molar-refractivity contribution in [1.29, 1.82) is 0 Å². The van der Waals surface area contributed by atoms with Crippen LogP contribution in [0.15, 0.2) is 18.3 Å². The second kappa shape index (κ2) is 3.23. The molecule has 1 aliphatic rings. The van der Waals surface area contributed by atoms with Crippen LogP contribution in [0, 0.1) is 0 Å². The van der Waals surface area contributed by atoms with Crippen LogP contribution in [0.1, 0.15) is 36.4 Å². The Hall–Kier alpha value is -0.890. The normalized spacial score (nSPS) is 17.4. The molecule has 1 aliphatic carbocycles. The van der Waals surface area contributed by atoms with Crippen LogP contribution in [-0.2, 0) is 6.54 Å². The third-order valence-electron chi connectivity index (χ3n) is 2.61. The van der Waals surface area contributed by atoms with Gasteiger partial charge in [-0.2, -0.15) is 0 Å². The van der Waals surface area contributed by atoms with Gasteiger partial charge in [-0.1, -0.05) is 12.5 Å². The monoisotopic (exact) mass is 162 g/mol. The summed E-state index contributed by atoms with van der Waals surface area (Å²) in [5.41, 5.74) is 7.85. The Balaban J connectivity index is 2.13. The highest BCUT2D eigenvalue weighted by Crippen LogP contribution is 2.34. The summed E-state index contributed by atoms with van der Waals surface area (Å²) in [7, 11) is 0. The minimum Gasteiger partial charge on any atom is -0.326 e. The molecule has 0 aromatic carbocycles. The van der Waals surface area contributed by atoms with Crippen LogP contribution in [-0.4, -0.2) is 4.98 Å². The highest BCUT2D eigenvalue weighted by molar-refractivity contribution is 5.17. The SMILES string of the molecule is NCc1ccc(C2CCC2)nc1. The van der Waals surface area contributed by atoms with Crippen LogP contribution in [0.2, 0.25) is 0 Å². The maximum Gasteiger partial charge on any atom is 0.0434 e. The van der Waals surface area contributed by atoms with E-state index in [1.54, 1.807) is 0 Å². The molecule has 2 nitrogen and oxygen atoms in total. The highest BCUT2D eigenvalue weighted by atomic mass is 14.7. The number of nitrogens with zero attached hydrogens (tertiary/aromatic N) is 1. The van der Waals surface area contributed by atoms with Gasteiger partial charge in [0.1, 0.15) is 0 Å². The van der Waals surface area contributed by atoms with E-state index < -0.39 is 0 Å². The number of aromatic nitrogens is 1. The lowest BCUT2D eigenvalue weighted by molar-refractivity contribution is 0.411. The molecule has 0 bridgehead atoms. The van der Waals surface area contributed by atoms with Crippen LogP contribution < -0.4 is 5.73 Å². The van der Waals surface area contributed by atoms with Gasteiger partial charge in [-0.25, -0.2) is 0 Å². The molecule has 1 fully saturated rings. The average Bonchev–Trinajstić information content (AvgIpc) is 2.03. The van der Waals surface area contributed by atoms with Gasteiger partial charge in [0.25, 0.3) is 0 Å². The standard InChI is InChI=1S/C10H14N2/c11-6-8-4-5-10(12-7-8)9-2-1-3-9/h4-5,7,9H,1-3,6,11H2. The van der Waals surface area contributed by atoms with Crippen LogP contribution in [0.25, 0.3) is 0 Å². The molecule has 0 saturated heterocycles. The van der Waals surface area contributed by atoms with E-state index in [9.17, 15) is 0 Å². The first-order chi connectivity index (χ1) is 5.90. The average molecular weight is 162 g/mol. The van der Waals surface area contributed by atoms with E-state index in [4.69, 9.17) is 5.73 Å². The molecule has 1 aromatic rings. The van der Waals surface area contributed by atoms with Gasteiger partial charge in [0, 0.05) is 24.4 Å². The van der Waals surface area contributed by atoms with E-state index in [0.717, 1.165) is 11.5 Å². The Morgan fingerprint density at radius 3 is 2.67 bits per heavy atom. The maximum absolute atomic E-state index is 5.48. The van der Waals surface area contributed by atoms with Gasteiger partial charge in [-0.15, -0.1) is 0 Å². The van der Waals surface area contributed by atoms with Crippen LogP contribution >= 0.6 is 0 Å². The van der Waals surface area contributed by atoms with Crippen molar-refractivity contribution in [2.45, 2.75) is 31.7 Å². The molecule has 1 heterocycles. The molecule has 1 aromatic heterocycles. The minimum atomic E-state index is 0.595. The second-order valence-electron chi connectivity index (χ2n) is 3.42. The topological polar surface area (TPSA) is 38.9 Å². The van der Waals surface area contributed by atoms with Crippen molar-refractivity contribution in [2.24, 2.45) is 5.73 Å². The lowest BCUT2D eigenvalue weighted by Gasteiger charge is -2.24. The Morgan fingerprint density at radius 1 is 1.42 bits per heavy atom. The van der Waals surface area contributed by atoms with Crippen molar-refractivity contribution in [1.82, 2.24) is 4.98 Å². The maximum atomic E-state index is 5.48. The van der Waals surface area contributed by atoms with Gasteiger partial charge in [0.15, 0.2) is 0 Å². The van der Waals surface area contributed by atoms with Gasteiger partial charge >= 0.3 is 0 Å². The van der Waals surface area contributed by atoms with Crippen molar-refractivity contribution in [3.8, 4) is 0 Å². The van der Waals surface area contributed by atoms with Gasteiger partial charge in [0.05, 0.1) is 0 Å². The van der Waals surface area contributed by atoms with Crippen molar-refractivity contribution in [3.05, 3.63) is 29.6 Å². The smallest absolute Gasteiger partial charge is 0.0434 e. The largest absolute Gasteiger partial charge is 0.326 e. The summed E-state index contributed by atoms with van der Waals surface area (Å²) in [6.07, 6.45) is 5.89. The highest BCUT2D eigenvalue weighted by Gasteiger charge is 2.20. The summed E-state index contributed by atoms with van der Waals surface area (Å²) in [6.45, 7) is 0.595. The van der Waals surface area contributed by atoms with Crippen LogP contribution in [0.5, 0.6) is 0 Å². The third-order valence-corrected chi connectivity index (χ3v) is 2.61. The molecule has 0 spiro atoms. The molecule has 0 amide bonds. The predicted molar refractivity (Wildman–Crippen MR) is 48.7 cm³/mol. The predicted octanol–water partition coefficient (Wildman–Crippen LogP) is 1.81. The van der Waals surface area contributed by atoms with Crippen molar-refractivity contribution in [3.63, 3.8) is 0 Å². The third kappa shape index (κ3) is 1.34. The lowest BCUT2D eigenvalue weighted by atomic mass is 9.82. The molecule has 0 radical (unpaired) electrons. The zero-order valence-corrected chi connectivity index (χ0v) is 7.16. The first kappa shape index (κ1) is 7.74. The number of hydrogen-bond donors (Lipinski definition) is 1. The van der Waals surface area contributed by atoms with E-state index in [1.807, 2.05) is 6.20 Å². The molecule has 0 unspecified atom stereocenters. The fourth-order valence-electron chi connectivity index (χ4n) is 1.50. The summed E-state index contributed by atoms with van der Waals surface area (Å²) >= 11 is 0. The molecule has 2 N–H and O–H groups in total. The van der Waals surface area contributed by atoms with Crippen molar-refractivity contribution < 1.29 is 0 Å². The number of hydrogen-bond acceptors (Lipinski definition) is 2. The van der Waals surface area contributed by atoms with E-state index in [0.29, 0.717) is 6.54 Å². The quantitative estimate of drug-likeness (QED) is 0.720. The molecule has 12 heavy (non-hydrogen) atoms. The minimum absolute atomic E-state index is 0.595. The van der Waals surface area contributed by atoms with Gasteiger partial charge in [-0.05, 0) is 24.5 Å². The summed E-state index contributed by atoms with van der Waals surface area (Å²) in [6, 6.07) is 4.20. The van der Waals surface area contributed by atoms with Crippen LogP contribution in [0.4, 0.5) is 0 Å². The fourth-order valence-corrected chi connectivity index (χ4v) is 1.50. The Labute approximate surface area is 72.8 Å². The van der Waals surface area contributed by atoms with Crippen molar-refractivity contribution in [2.75, 3.05) is 0 Å². The lowest BCUT2D eigenvalue weighted by Crippen LogP contribution is -2.10. The number of rotatable bonds is 2. The van der Waals surface area contributed by atoms with Gasteiger partial charge in [0.2, 0.25) is 0 Å². The molecule has 1 saturated carbocycles. The second-order valence-corrected chi connectivity index (χ2v) is 3.42. The van der Waals surface area contributed by atoms with E-state index in [1.165, 1.54) is 25.0 Å². The zero-order valence-electron chi connectivity index (χ0n) is 7.16.